The van der Waals surface area contributed by atoms with Crippen LogP contribution in [0.25, 0.3) is 16.9 Å². The van der Waals surface area contributed by atoms with Crippen LogP contribution >= 0.6 is 0 Å². The molecule has 2 aliphatic rings. The Morgan fingerprint density at radius 3 is 2.81 bits per heavy atom. The van der Waals surface area contributed by atoms with E-state index < -0.39 is 0 Å². The summed E-state index contributed by atoms with van der Waals surface area (Å²) in [6.45, 7) is 4.16. The molecule has 7 nitrogen and oxygen atoms in total. The van der Waals surface area contributed by atoms with Gasteiger partial charge < -0.3 is 15.5 Å². The van der Waals surface area contributed by atoms with E-state index in [1.807, 2.05) is 30.7 Å². The number of pyridine rings is 1. The van der Waals surface area contributed by atoms with Crippen molar-refractivity contribution < 1.29 is 0 Å². The maximum Gasteiger partial charge on any atom is 0.212 e. The lowest BCUT2D eigenvalue weighted by Crippen LogP contribution is -2.44. The highest BCUT2D eigenvalue weighted by Gasteiger charge is 2.39. The van der Waals surface area contributed by atoms with Crippen LogP contribution in [-0.4, -0.2) is 44.5 Å². The third-order valence-electron chi connectivity index (χ3n) is 6.40. The first-order chi connectivity index (χ1) is 15.2. The minimum Gasteiger partial charge on any atom is -0.364 e. The molecule has 0 amide bonds. The van der Waals surface area contributed by atoms with Crippen LogP contribution < -0.4 is 15.5 Å². The van der Waals surface area contributed by atoms with Gasteiger partial charge in [-0.3, -0.25) is 4.40 Å². The highest BCUT2D eigenvalue weighted by atomic mass is 15.4. The average Bonchev–Trinajstić information content (AvgIpc) is 3.56. The van der Waals surface area contributed by atoms with Crippen LogP contribution in [0.4, 0.5) is 11.8 Å². The van der Waals surface area contributed by atoms with E-state index in [-0.39, 0.29) is 6.04 Å². The summed E-state index contributed by atoms with van der Waals surface area (Å²) in [5.74, 6) is 1.81. The Bertz CT molecular complexity index is 1220. The molecule has 0 spiro atoms. The third-order valence-corrected chi connectivity index (χ3v) is 6.40. The molecule has 3 atom stereocenters. The number of hydrogen-bond acceptors (Lipinski definition) is 6. The van der Waals surface area contributed by atoms with Crippen LogP contribution in [0.2, 0.25) is 0 Å². The van der Waals surface area contributed by atoms with E-state index in [1.165, 1.54) is 12.0 Å². The van der Waals surface area contributed by atoms with Crippen LogP contribution in [-0.2, 0) is 0 Å². The largest absolute Gasteiger partial charge is 0.364 e. The molecule has 7 heteroatoms. The van der Waals surface area contributed by atoms with Crippen LogP contribution in [0.3, 0.4) is 0 Å². The van der Waals surface area contributed by atoms with Crippen molar-refractivity contribution in [3.8, 4) is 11.3 Å². The molecule has 31 heavy (non-hydrogen) atoms. The molecule has 3 aromatic heterocycles. The molecule has 2 bridgehead atoms. The number of benzene rings is 1. The van der Waals surface area contributed by atoms with Crippen molar-refractivity contribution in [3.63, 3.8) is 0 Å². The normalized spacial score (nSPS) is 21.0. The molecule has 5 heterocycles. The number of fused-ring (bicyclic) bond motifs is 3. The molecular weight excluding hydrogens is 386 g/mol. The summed E-state index contributed by atoms with van der Waals surface area (Å²) in [6, 6.07) is 17.8. The predicted octanol–water partition coefficient (Wildman–Crippen LogP) is 3.51. The molecule has 0 aliphatic carbocycles. The number of hydrogen-bond donors (Lipinski definition) is 2. The van der Waals surface area contributed by atoms with Crippen molar-refractivity contribution in [2.75, 3.05) is 23.3 Å². The Morgan fingerprint density at radius 1 is 1.10 bits per heavy atom. The molecule has 0 unspecified atom stereocenters. The lowest BCUT2D eigenvalue weighted by molar-refractivity contribution is 0.570. The average molecular weight is 412 g/mol. The lowest BCUT2D eigenvalue weighted by Gasteiger charge is -2.29. The fourth-order valence-electron chi connectivity index (χ4n) is 4.78. The Hall–Kier alpha value is -3.45. The number of nitrogens with one attached hydrogen (secondary N) is 2. The van der Waals surface area contributed by atoms with Crippen molar-refractivity contribution in [2.45, 2.75) is 31.5 Å². The van der Waals surface area contributed by atoms with Gasteiger partial charge in [-0.15, -0.1) is 0 Å². The number of rotatable bonds is 5. The molecule has 156 valence electrons. The predicted molar refractivity (Wildman–Crippen MR) is 122 cm³/mol. The monoisotopic (exact) mass is 411 g/mol. The summed E-state index contributed by atoms with van der Waals surface area (Å²) in [5.41, 5.74) is 4.10. The van der Waals surface area contributed by atoms with Crippen molar-refractivity contribution in [3.05, 3.63) is 72.7 Å². The van der Waals surface area contributed by atoms with Gasteiger partial charge in [0.25, 0.3) is 0 Å². The van der Waals surface area contributed by atoms with Crippen LogP contribution in [0.15, 0.2) is 67.1 Å². The van der Waals surface area contributed by atoms with Gasteiger partial charge in [-0.25, -0.2) is 15.0 Å². The summed E-state index contributed by atoms with van der Waals surface area (Å²) >= 11 is 0. The molecule has 0 saturated carbocycles. The molecule has 2 aliphatic heterocycles. The lowest BCUT2D eigenvalue weighted by atomic mass is 10.1. The fraction of sp³-hybridized carbons (Fsp3) is 0.292. The summed E-state index contributed by atoms with van der Waals surface area (Å²) < 4.78 is 2.10. The minimum atomic E-state index is 0.162. The highest BCUT2D eigenvalue weighted by Crippen LogP contribution is 2.31. The second-order valence-corrected chi connectivity index (χ2v) is 8.45. The highest BCUT2D eigenvalue weighted by molar-refractivity contribution is 5.68. The van der Waals surface area contributed by atoms with Gasteiger partial charge in [0.1, 0.15) is 11.5 Å². The van der Waals surface area contributed by atoms with Gasteiger partial charge in [0.2, 0.25) is 5.95 Å². The van der Waals surface area contributed by atoms with E-state index in [1.54, 1.807) is 0 Å². The zero-order valence-electron chi connectivity index (χ0n) is 17.4. The van der Waals surface area contributed by atoms with Gasteiger partial charge in [0.15, 0.2) is 0 Å². The van der Waals surface area contributed by atoms with Gasteiger partial charge in [0.05, 0.1) is 5.69 Å². The zero-order chi connectivity index (χ0) is 20.8. The number of imidazole rings is 1. The van der Waals surface area contributed by atoms with Crippen molar-refractivity contribution in [2.24, 2.45) is 0 Å². The summed E-state index contributed by atoms with van der Waals surface area (Å²) in [6.07, 6.45) is 6.87. The first-order valence-corrected chi connectivity index (χ1v) is 10.9. The third kappa shape index (κ3) is 3.31. The van der Waals surface area contributed by atoms with Gasteiger partial charge in [-0.2, -0.15) is 0 Å². The first-order valence-electron chi connectivity index (χ1n) is 10.9. The molecule has 0 radical (unpaired) electrons. The maximum absolute atomic E-state index is 5.09. The van der Waals surface area contributed by atoms with Gasteiger partial charge in [-0.05, 0) is 31.0 Å². The Kier molecular flexibility index (Phi) is 4.35. The topological polar surface area (TPSA) is 70.4 Å². The molecule has 6 rings (SSSR count). The SMILES string of the molecule is C[C@@H](Nc1cc(-c2cc3nccn3c(N3C[C@@H]4C[C@H]3CN4)n2)ccn1)c1ccccc1. The van der Waals surface area contributed by atoms with Gasteiger partial charge in [-0.1, -0.05) is 30.3 Å². The molecule has 2 N–H and O–H groups in total. The molecule has 2 saturated heterocycles. The molecule has 4 aromatic rings. The van der Waals surface area contributed by atoms with Crippen LogP contribution in [0.1, 0.15) is 24.9 Å². The second kappa shape index (κ2) is 7.35. The molecule has 2 fully saturated rings. The van der Waals surface area contributed by atoms with Crippen LogP contribution in [0.5, 0.6) is 0 Å². The summed E-state index contributed by atoms with van der Waals surface area (Å²) in [7, 11) is 0. The van der Waals surface area contributed by atoms with Gasteiger partial charge >= 0.3 is 0 Å². The van der Waals surface area contributed by atoms with E-state index in [0.717, 1.165) is 41.8 Å². The van der Waals surface area contributed by atoms with Gasteiger partial charge in [0, 0.05) is 61.4 Å². The summed E-state index contributed by atoms with van der Waals surface area (Å²) in [4.78, 5) is 16.6. The first kappa shape index (κ1) is 18.3. The number of aromatic nitrogens is 4. The van der Waals surface area contributed by atoms with Crippen molar-refractivity contribution in [1.82, 2.24) is 24.7 Å². The van der Waals surface area contributed by atoms with E-state index in [9.17, 15) is 0 Å². The molecule has 1 aromatic carbocycles. The van der Waals surface area contributed by atoms with E-state index in [2.05, 4.69) is 73.2 Å². The Balaban J connectivity index is 1.34. The Labute approximate surface area is 181 Å². The Morgan fingerprint density at radius 2 is 2.00 bits per heavy atom. The van der Waals surface area contributed by atoms with Crippen molar-refractivity contribution in [1.29, 1.82) is 0 Å². The van der Waals surface area contributed by atoms with E-state index in [0.29, 0.717) is 12.1 Å². The second-order valence-electron chi connectivity index (χ2n) is 8.45. The standard InChI is InChI=1S/C24H25N7/c1-16(17-5-3-2-4-6-17)28-22-11-18(7-8-25-22)21-13-23-26-9-10-30(23)24(29-21)31-15-19-12-20(31)14-27-19/h2-11,13,16,19-20,27H,12,14-15H2,1H3,(H,25,28)/t16-,19+,20+/m1/s1. The number of nitrogens with zero attached hydrogens (tertiary/aromatic N) is 5. The number of piperazine rings is 1. The van der Waals surface area contributed by atoms with E-state index in [4.69, 9.17) is 4.98 Å². The zero-order valence-corrected chi connectivity index (χ0v) is 17.4. The minimum absolute atomic E-state index is 0.162. The van der Waals surface area contributed by atoms with Crippen molar-refractivity contribution >= 4 is 17.4 Å². The van der Waals surface area contributed by atoms with Crippen LogP contribution in [0, 0.1) is 0 Å². The quantitative estimate of drug-likeness (QED) is 0.524. The molecular formula is C24H25N7. The summed E-state index contributed by atoms with van der Waals surface area (Å²) in [5, 5.41) is 7.09. The fourth-order valence-corrected chi connectivity index (χ4v) is 4.78. The number of anilines is 2. The smallest absolute Gasteiger partial charge is 0.212 e. The maximum atomic E-state index is 5.09. The van der Waals surface area contributed by atoms with E-state index >= 15 is 0 Å².